The normalized spacial score (nSPS) is 9.92. The molecule has 0 saturated carbocycles. The van der Waals surface area contributed by atoms with Crippen molar-refractivity contribution >= 4 is 5.97 Å². The van der Waals surface area contributed by atoms with Crippen LogP contribution in [0.15, 0.2) is 24.3 Å². The highest BCUT2D eigenvalue weighted by molar-refractivity contribution is 5.87. The van der Waals surface area contributed by atoms with E-state index < -0.39 is 5.97 Å². The quantitative estimate of drug-likeness (QED) is 0.463. The molecule has 4 N–H and O–H groups in total. The highest BCUT2D eigenvalue weighted by Crippen LogP contribution is 2.05. The number of hydrazine groups is 1. The van der Waals surface area contributed by atoms with Gasteiger partial charge >= 0.3 is 5.97 Å². The molecule has 0 aromatic heterocycles. The van der Waals surface area contributed by atoms with Crippen LogP contribution in [0.25, 0.3) is 0 Å². The van der Waals surface area contributed by atoms with Crippen LogP contribution in [-0.2, 0) is 6.42 Å². The molecular weight excluding hydrogens is 168 g/mol. The van der Waals surface area contributed by atoms with Gasteiger partial charge in [0.05, 0.1) is 5.56 Å². The molecule has 0 heterocycles. The van der Waals surface area contributed by atoms with Gasteiger partial charge in [0.25, 0.3) is 0 Å². The second-order valence-corrected chi connectivity index (χ2v) is 2.71. The topological polar surface area (TPSA) is 75.3 Å². The van der Waals surface area contributed by atoms with Gasteiger partial charge in [0, 0.05) is 6.54 Å². The summed E-state index contributed by atoms with van der Waals surface area (Å²) in [4.78, 5) is 10.6. The van der Waals surface area contributed by atoms with Gasteiger partial charge < -0.3 is 5.11 Å². The van der Waals surface area contributed by atoms with Crippen LogP contribution in [0, 0.1) is 0 Å². The second-order valence-electron chi connectivity index (χ2n) is 2.71. The van der Waals surface area contributed by atoms with Crippen molar-refractivity contribution in [2.45, 2.75) is 6.42 Å². The maximum absolute atomic E-state index is 10.6. The molecule has 13 heavy (non-hydrogen) atoms. The SMILES string of the molecule is NNCCc1cccc(C(=O)O)c1. The first-order valence-electron chi connectivity index (χ1n) is 3.99. The van der Waals surface area contributed by atoms with Crippen LogP contribution in [0.3, 0.4) is 0 Å². The van der Waals surface area contributed by atoms with Crippen molar-refractivity contribution in [3.8, 4) is 0 Å². The van der Waals surface area contributed by atoms with Gasteiger partial charge in [-0.2, -0.15) is 0 Å². The lowest BCUT2D eigenvalue weighted by Crippen LogP contribution is -2.24. The number of nitrogens with one attached hydrogen (secondary N) is 1. The third-order valence-electron chi connectivity index (χ3n) is 1.73. The molecule has 70 valence electrons. The predicted molar refractivity (Wildman–Crippen MR) is 49.3 cm³/mol. The van der Waals surface area contributed by atoms with E-state index in [9.17, 15) is 4.79 Å². The molecule has 0 aliphatic rings. The Hall–Kier alpha value is -1.39. The minimum atomic E-state index is -0.900. The number of carbonyl (C=O) groups is 1. The van der Waals surface area contributed by atoms with Crippen molar-refractivity contribution < 1.29 is 9.90 Å². The molecule has 0 atom stereocenters. The monoisotopic (exact) mass is 180 g/mol. The zero-order chi connectivity index (χ0) is 9.68. The zero-order valence-electron chi connectivity index (χ0n) is 7.16. The van der Waals surface area contributed by atoms with Crippen molar-refractivity contribution in [1.29, 1.82) is 0 Å². The Labute approximate surface area is 76.3 Å². The molecule has 1 aromatic carbocycles. The summed E-state index contributed by atoms with van der Waals surface area (Å²) in [5, 5.41) is 8.69. The maximum atomic E-state index is 10.6. The Morgan fingerprint density at radius 2 is 2.31 bits per heavy atom. The van der Waals surface area contributed by atoms with Crippen LogP contribution in [0.1, 0.15) is 15.9 Å². The van der Waals surface area contributed by atoms with Gasteiger partial charge in [0.1, 0.15) is 0 Å². The lowest BCUT2D eigenvalue weighted by Gasteiger charge is -2.01. The summed E-state index contributed by atoms with van der Waals surface area (Å²) in [5.74, 6) is 4.21. The van der Waals surface area contributed by atoms with Crippen molar-refractivity contribution in [3.63, 3.8) is 0 Å². The number of hydrogen-bond donors (Lipinski definition) is 3. The second kappa shape index (κ2) is 4.59. The summed E-state index contributed by atoms with van der Waals surface area (Å²) in [5.41, 5.74) is 3.80. The Morgan fingerprint density at radius 1 is 1.54 bits per heavy atom. The summed E-state index contributed by atoms with van der Waals surface area (Å²) < 4.78 is 0. The average Bonchev–Trinajstić information content (AvgIpc) is 2.15. The number of hydrogen-bond acceptors (Lipinski definition) is 3. The Balaban J connectivity index is 2.73. The van der Waals surface area contributed by atoms with Gasteiger partial charge in [0.2, 0.25) is 0 Å². The van der Waals surface area contributed by atoms with Crippen LogP contribution in [-0.4, -0.2) is 17.6 Å². The van der Waals surface area contributed by atoms with Crippen LogP contribution in [0.4, 0.5) is 0 Å². The fraction of sp³-hybridized carbons (Fsp3) is 0.222. The fourth-order valence-corrected chi connectivity index (χ4v) is 1.08. The van der Waals surface area contributed by atoms with E-state index in [1.54, 1.807) is 18.2 Å². The summed E-state index contributed by atoms with van der Waals surface area (Å²) in [6.45, 7) is 0.642. The first kappa shape index (κ1) is 9.70. The van der Waals surface area contributed by atoms with E-state index >= 15 is 0 Å². The number of benzene rings is 1. The molecule has 0 fully saturated rings. The van der Waals surface area contributed by atoms with E-state index in [-0.39, 0.29) is 0 Å². The Kier molecular flexibility index (Phi) is 3.42. The largest absolute Gasteiger partial charge is 0.478 e. The molecule has 0 radical (unpaired) electrons. The van der Waals surface area contributed by atoms with Crippen molar-refractivity contribution in [3.05, 3.63) is 35.4 Å². The Bertz CT molecular complexity index is 299. The van der Waals surface area contributed by atoms with Gasteiger partial charge in [-0.1, -0.05) is 12.1 Å². The summed E-state index contributed by atoms with van der Waals surface area (Å²) in [6.07, 6.45) is 0.734. The summed E-state index contributed by atoms with van der Waals surface area (Å²) in [6, 6.07) is 6.83. The third-order valence-corrected chi connectivity index (χ3v) is 1.73. The Morgan fingerprint density at radius 3 is 2.92 bits per heavy atom. The van der Waals surface area contributed by atoms with Gasteiger partial charge in [-0.05, 0) is 24.1 Å². The summed E-state index contributed by atoms with van der Waals surface area (Å²) in [7, 11) is 0. The van der Waals surface area contributed by atoms with Crippen molar-refractivity contribution in [2.24, 2.45) is 5.84 Å². The predicted octanol–water partition coefficient (Wildman–Crippen LogP) is 0.391. The van der Waals surface area contributed by atoms with E-state index in [1.807, 2.05) is 6.07 Å². The first-order valence-corrected chi connectivity index (χ1v) is 3.99. The fourth-order valence-electron chi connectivity index (χ4n) is 1.08. The molecule has 4 heteroatoms. The van der Waals surface area contributed by atoms with E-state index in [1.165, 1.54) is 0 Å². The lowest BCUT2D eigenvalue weighted by atomic mass is 10.1. The first-order chi connectivity index (χ1) is 6.24. The molecule has 4 nitrogen and oxygen atoms in total. The summed E-state index contributed by atoms with van der Waals surface area (Å²) >= 11 is 0. The van der Waals surface area contributed by atoms with E-state index in [0.717, 1.165) is 12.0 Å². The molecular formula is C9H12N2O2. The minimum absolute atomic E-state index is 0.314. The molecule has 0 bridgehead atoms. The number of aromatic carboxylic acids is 1. The standard InChI is InChI=1S/C9H12N2O2/c10-11-5-4-7-2-1-3-8(6-7)9(12)13/h1-3,6,11H,4-5,10H2,(H,12,13). The van der Waals surface area contributed by atoms with E-state index in [0.29, 0.717) is 12.1 Å². The van der Waals surface area contributed by atoms with Crippen molar-refractivity contribution in [2.75, 3.05) is 6.54 Å². The average molecular weight is 180 g/mol. The van der Waals surface area contributed by atoms with Crippen molar-refractivity contribution in [1.82, 2.24) is 5.43 Å². The zero-order valence-corrected chi connectivity index (χ0v) is 7.16. The van der Waals surface area contributed by atoms with Gasteiger partial charge in [0.15, 0.2) is 0 Å². The molecule has 0 saturated heterocycles. The van der Waals surface area contributed by atoms with Gasteiger partial charge in [-0.15, -0.1) is 0 Å². The van der Waals surface area contributed by atoms with E-state index in [2.05, 4.69) is 5.43 Å². The molecule has 0 spiro atoms. The molecule has 0 aliphatic carbocycles. The van der Waals surface area contributed by atoms with Gasteiger partial charge in [-0.3, -0.25) is 11.3 Å². The molecule has 0 amide bonds. The number of carboxylic acids is 1. The third kappa shape index (κ3) is 2.85. The van der Waals surface area contributed by atoms with Crippen LogP contribution in [0.2, 0.25) is 0 Å². The highest BCUT2D eigenvalue weighted by Gasteiger charge is 2.02. The van der Waals surface area contributed by atoms with Crippen LogP contribution < -0.4 is 11.3 Å². The molecule has 1 rings (SSSR count). The lowest BCUT2D eigenvalue weighted by molar-refractivity contribution is 0.0697. The molecule has 0 unspecified atom stereocenters. The van der Waals surface area contributed by atoms with Gasteiger partial charge in [-0.25, -0.2) is 4.79 Å². The van der Waals surface area contributed by atoms with Crippen LogP contribution in [0.5, 0.6) is 0 Å². The molecule has 1 aromatic rings. The maximum Gasteiger partial charge on any atom is 0.335 e. The number of rotatable bonds is 4. The van der Waals surface area contributed by atoms with Crippen LogP contribution >= 0.6 is 0 Å². The van der Waals surface area contributed by atoms with E-state index in [4.69, 9.17) is 10.9 Å². The molecule has 0 aliphatic heterocycles. The number of carboxylic acid groups (broad SMARTS) is 1. The minimum Gasteiger partial charge on any atom is -0.478 e. The smallest absolute Gasteiger partial charge is 0.335 e. The highest BCUT2D eigenvalue weighted by atomic mass is 16.4. The number of nitrogens with two attached hydrogens (primary N) is 1.